The number of rotatable bonds is 2. The highest BCUT2D eigenvalue weighted by Gasteiger charge is 2.15. The summed E-state index contributed by atoms with van der Waals surface area (Å²) in [5, 5.41) is 14.5. The highest BCUT2D eigenvalue weighted by Crippen LogP contribution is 2.19. The predicted molar refractivity (Wildman–Crippen MR) is 74.2 cm³/mol. The standard InChI is InChI=1S/C13H8N2O4S/c16-8-2-1-7-5-9(12(18)19-10(7)6-8)11(17)15-13-14-3-4-20-13/h1-6,16H,(H,14,15,17). The lowest BCUT2D eigenvalue weighted by Crippen LogP contribution is -2.20. The molecular formula is C13H8N2O4S. The molecule has 2 heterocycles. The molecule has 0 fully saturated rings. The number of anilines is 1. The molecule has 6 nitrogen and oxygen atoms in total. The average Bonchev–Trinajstić information content (AvgIpc) is 2.90. The van der Waals surface area contributed by atoms with Crippen molar-refractivity contribution in [3.05, 3.63) is 51.8 Å². The molecule has 0 saturated carbocycles. The van der Waals surface area contributed by atoms with Crippen molar-refractivity contribution in [1.82, 2.24) is 4.98 Å². The number of nitrogens with zero attached hydrogens (tertiary/aromatic N) is 1. The van der Waals surface area contributed by atoms with Gasteiger partial charge in [-0.3, -0.25) is 10.1 Å². The summed E-state index contributed by atoms with van der Waals surface area (Å²) < 4.78 is 5.02. The number of nitrogens with one attached hydrogen (secondary N) is 1. The zero-order valence-corrected chi connectivity index (χ0v) is 10.8. The van der Waals surface area contributed by atoms with Crippen molar-refractivity contribution in [1.29, 1.82) is 0 Å². The summed E-state index contributed by atoms with van der Waals surface area (Å²) in [4.78, 5) is 27.7. The molecule has 3 rings (SSSR count). The second kappa shape index (κ2) is 4.78. The predicted octanol–water partition coefficient (Wildman–Crippen LogP) is 2.21. The fourth-order valence-electron chi connectivity index (χ4n) is 1.71. The number of carbonyl (C=O) groups excluding carboxylic acids is 1. The molecule has 2 aromatic heterocycles. The lowest BCUT2D eigenvalue weighted by Gasteiger charge is -2.02. The van der Waals surface area contributed by atoms with Crippen LogP contribution in [0.2, 0.25) is 0 Å². The first kappa shape index (κ1) is 12.4. The summed E-state index contributed by atoms with van der Waals surface area (Å²) in [5.41, 5.74) is -0.656. The Morgan fingerprint density at radius 1 is 1.35 bits per heavy atom. The molecule has 2 N–H and O–H groups in total. The van der Waals surface area contributed by atoms with Crippen LogP contribution in [-0.2, 0) is 0 Å². The Labute approximate surface area is 116 Å². The van der Waals surface area contributed by atoms with Crippen LogP contribution >= 0.6 is 11.3 Å². The van der Waals surface area contributed by atoms with Crippen molar-refractivity contribution in [2.24, 2.45) is 0 Å². The van der Waals surface area contributed by atoms with Gasteiger partial charge in [0.1, 0.15) is 16.9 Å². The molecule has 1 aromatic carbocycles. The average molecular weight is 288 g/mol. The van der Waals surface area contributed by atoms with Gasteiger partial charge in [-0.1, -0.05) is 0 Å². The third-order valence-electron chi connectivity index (χ3n) is 2.62. The SMILES string of the molecule is O=C(Nc1nccs1)c1cc2ccc(O)cc2oc1=O. The molecule has 100 valence electrons. The summed E-state index contributed by atoms with van der Waals surface area (Å²) in [6, 6.07) is 5.75. The minimum atomic E-state index is -0.767. The molecule has 0 unspecified atom stereocenters. The van der Waals surface area contributed by atoms with E-state index in [0.29, 0.717) is 10.5 Å². The number of hydrogen-bond donors (Lipinski definition) is 2. The molecule has 7 heteroatoms. The number of fused-ring (bicyclic) bond motifs is 1. The summed E-state index contributed by atoms with van der Waals surface area (Å²) in [5.74, 6) is -0.593. The number of phenols is 1. The van der Waals surface area contributed by atoms with E-state index in [1.807, 2.05) is 0 Å². The maximum atomic E-state index is 12.0. The van der Waals surface area contributed by atoms with Gasteiger partial charge in [-0.15, -0.1) is 11.3 Å². The summed E-state index contributed by atoms with van der Waals surface area (Å²) in [6.07, 6.45) is 1.55. The van der Waals surface area contributed by atoms with Gasteiger partial charge in [0, 0.05) is 23.0 Å². The molecule has 3 aromatic rings. The number of thiazole rings is 1. The lowest BCUT2D eigenvalue weighted by atomic mass is 10.1. The quantitative estimate of drug-likeness (QED) is 0.705. The first-order chi connectivity index (χ1) is 9.63. The molecule has 0 saturated heterocycles. The number of carbonyl (C=O) groups is 1. The highest BCUT2D eigenvalue weighted by atomic mass is 32.1. The van der Waals surface area contributed by atoms with Crippen LogP contribution in [0.1, 0.15) is 10.4 Å². The van der Waals surface area contributed by atoms with Crippen LogP contribution < -0.4 is 10.9 Å². The fraction of sp³-hybridized carbons (Fsp3) is 0. The zero-order chi connectivity index (χ0) is 14.1. The number of amides is 1. The number of benzene rings is 1. The second-order valence-electron chi connectivity index (χ2n) is 3.96. The molecule has 0 atom stereocenters. The lowest BCUT2D eigenvalue weighted by molar-refractivity contribution is 0.102. The minimum Gasteiger partial charge on any atom is -0.508 e. The Balaban J connectivity index is 2.03. The van der Waals surface area contributed by atoms with Crippen LogP contribution in [-0.4, -0.2) is 16.0 Å². The van der Waals surface area contributed by atoms with Crippen LogP contribution in [0.5, 0.6) is 5.75 Å². The topological polar surface area (TPSA) is 92.4 Å². The maximum Gasteiger partial charge on any atom is 0.349 e. The van der Waals surface area contributed by atoms with E-state index in [0.717, 1.165) is 0 Å². The highest BCUT2D eigenvalue weighted by molar-refractivity contribution is 7.13. The van der Waals surface area contributed by atoms with E-state index in [9.17, 15) is 14.7 Å². The van der Waals surface area contributed by atoms with E-state index in [2.05, 4.69) is 10.3 Å². The van der Waals surface area contributed by atoms with Crippen molar-refractivity contribution in [2.75, 3.05) is 5.32 Å². The molecule has 0 aliphatic heterocycles. The van der Waals surface area contributed by atoms with Gasteiger partial charge in [0.2, 0.25) is 0 Å². The van der Waals surface area contributed by atoms with E-state index in [-0.39, 0.29) is 16.9 Å². The molecule has 0 aliphatic rings. The van der Waals surface area contributed by atoms with Crippen LogP contribution in [0.4, 0.5) is 5.13 Å². The van der Waals surface area contributed by atoms with E-state index in [1.54, 1.807) is 17.6 Å². The summed E-state index contributed by atoms with van der Waals surface area (Å²) in [7, 11) is 0. The van der Waals surface area contributed by atoms with Gasteiger partial charge in [0.25, 0.3) is 5.91 Å². The van der Waals surface area contributed by atoms with Crippen molar-refractivity contribution in [3.63, 3.8) is 0 Å². The molecule has 20 heavy (non-hydrogen) atoms. The van der Waals surface area contributed by atoms with Gasteiger partial charge in [-0.25, -0.2) is 9.78 Å². The molecule has 1 amide bonds. The van der Waals surface area contributed by atoms with E-state index in [4.69, 9.17) is 4.42 Å². The summed E-state index contributed by atoms with van der Waals surface area (Å²) >= 11 is 1.25. The fourth-order valence-corrected chi connectivity index (χ4v) is 2.23. The third-order valence-corrected chi connectivity index (χ3v) is 3.31. The van der Waals surface area contributed by atoms with Crippen LogP contribution in [0.3, 0.4) is 0 Å². The Morgan fingerprint density at radius 2 is 2.20 bits per heavy atom. The molecular weight excluding hydrogens is 280 g/mol. The first-order valence-corrected chi connectivity index (χ1v) is 6.49. The van der Waals surface area contributed by atoms with Crippen LogP contribution in [0.15, 0.2) is 45.1 Å². The number of hydrogen-bond acceptors (Lipinski definition) is 6. The number of phenolic OH excluding ortho intramolecular Hbond substituents is 1. The molecule has 0 aliphatic carbocycles. The van der Waals surface area contributed by atoms with Crippen molar-refractivity contribution in [2.45, 2.75) is 0 Å². The minimum absolute atomic E-state index is 0.0133. The molecule has 0 spiro atoms. The normalized spacial score (nSPS) is 10.6. The zero-order valence-electron chi connectivity index (χ0n) is 9.99. The van der Waals surface area contributed by atoms with Crippen molar-refractivity contribution >= 4 is 33.3 Å². The van der Waals surface area contributed by atoms with Crippen LogP contribution in [0, 0.1) is 0 Å². The third kappa shape index (κ3) is 2.26. The monoisotopic (exact) mass is 288 g/mol. The number of aromatic nitrogens is 1. The van der Waals surface area contributed by atoms with Crippen LogP contribution in [0.25, 0.3) is 11.0 Å². The van der Waals surface area contributed by atoms with E-state index in [1.165, 1.54) is 29.5 Å². The van der Waals surface area contributed by atoms with Gasteiger partial charge >= 0.3 is 5.63 Å². The largest absolute Gasteiger partial charge is 0.508 e. The van der Waals surface area contributed by atoms with Crippen molar-refractivity contribution in [3.8, 4) is 5.75 Å². The van der Waals surface area contributed by atoms with Gasteiger partial charge < -0.3 is 9.52 Å². The Kier molecular flexibility index (Phi) is 2.96. The smallest absolute Gasteiger partial charge is 0.349 e. The van der Waals surface area contributed by atoms with Gasteiger partial charge in [-0.2, -0.15) is 0 Å². The Morgan fingerprint density at radius 3 is 2.95 bits per heavy atom. The Bertz CT molecular complexity index is 839. The summed E-state index contributed by atoms with van der Waals surface area (Å²) in [6.45, 7) is 0. The van der Waals surface area contributed by atoms with Gasteiger partial charge in [0.05, 0.1) is 0 Å². The Hall–Kier alpha value is -2.67. The van der Waals surface area contributed by atoms with E-state index < -0.39 is 11.5 Å². The van der Waals surface area contributed by atoms with Gasteiger partial charge in [0.15, 0.2) is 5.13 Å². The number of aromatic hydroxyl groups is 1. The molecule has 0 radical (unpaired) electrons. The van der Waals surface area contributed by atoms with Crippen molar-refractivity contribution < 1.29 is 14.3 Å². The van der Waals surface area contributed by atoms with E-state index >= 15 is 0 Å². The van der Waals surface area contributed by atoms with Gasteiger partial charge in [-0.05, 0) is 18.2 Å². The second-order valence-corrected chi connectivity index (χ2v) is 4.86. The maximum absolute atomic E-state index is 12.0. The molecule has 0 bridgehead atoms. The first-order valence-electron chi connectivity index (χ1n) is 5.61.